The minimum atomic E-state index is -2.70. The van der Waals surface area contributed by atoms with Gasteiger partial charge in [0.15, 0.2) is 123 Å². The molecule has 17 atom stereocenters. The summed E-state index contributed by atoms with van der Waals surface area (Å²) in [6.07, 6.45) is -11.0. The van der Waals surface area contributed by atoms with Crippen molar-refractivity contribution in [2.45, 2.75) is 378 Å². The Hall–Kier alpha value is 2.20. The molecule has 0 bridgehead atoms. The van der Waals surface area contributed by atoms with Crippen LogP contribution in [0.2, 0.25) is 275 Å². The average molecular weight is 1680 g/mol. The van der Waals surface area contributed by atoms with Crippen molar-refractivity contribution < 1.29 is 95.1 Å². The van der Waals surface area contributed by atoms with Crippen molar-refractivity contribution in [3.8, 4) is 0 Å². The van der Waals surface area contributed by atoms with E-state index in [9.17, 15) is 0 Å². The van der Waals surface area contributed by atoms with Crippen LogP contribution < -0.4 is 0 Å². The molecule has 0 aromatic carbocycles. The van der Waals surface area contributed by atoms with Gasteiger partial charge in [-0.05, 0) is 275 Å². The Labute approximate surface area is 631 Å². The topological polar surface area (TPSA) is 194 Å². The van der Waals surface area contributed by atoms with Crippen LogP contribution in [0.3, 0.4) is 0 Å². The van der Waals surface area contributed by atoms with E-state index in [1.165, 1.54) is 0 Å². The highest BCUT2D eigenvalue weighted by atomic mass is 28.4. The monoisotopic (exact) mass is 1670 g/mol. The Kier molecular flexibility index (Phi) is 32.6. The smallest absolute Gasteiger partial charge is 0.223 e. The first-order chi connectivity index (χ1) is 44.6. The molecule has 4 heterocycles. The number of ether oxygens (including phenoxy) is 7. The zero-order chi connectivity index (χ0) is 78.4. The molecule has 4 aliphatic rings. The molecular weight excluding hydrogens is 1520 g/mol. The second kappa shape index (κ2) is 34.5. The molecule has 0 amide bonds. The van der Waals surface area contributed by atoms with Gasteiger partial charge in [-0.1, -0.05) is 0 Å². The molecule has 4 rings (SSSR count). The first kappa shape index (κ1) is 95.6. The van der Waals surface area contributed by atoms with Crippen molar-refractivity contribution in [2.24, 2.45) is 0 Å². The molecule has 0 radical (unpaired) electrons. The van der Waals surface area contributed by atoms with Crippen LogP contribution in [-0.2, 0) is 95.1 Å². The first-order valence-electron chi connectivity index (χ1n) is 37.5. The standard InChI is InChI=1S/C66H154O21Si14/c1-88(2,3)69-43-50-54(79-93(16,17)18)58(83-97(28,29)30)59(84-98(31,32)33)63(74-50)78-66(62(87-101(40,41)42)57(82-96(25,26)27)53(77-66)46-72-91(10,11)12)48-68-64(60(85-99(34,35)36)55(80-94(19,20)21)51(75-64)44-70-89(4,5)6)47-67-65(49-73-92(13,14)15)61(86-100(37,38)39)56(81-95(22,23)24)52(76-65)45-71-90(7,8)9/h50-63H,43-49H2,1-42H3. The van der Waals surface area contributed by atoms with E-state index in [-0.39, 0.29) is 46.2 Å². The van der Waals surface area contributed by atoms with E-state index in [4.69, 9.17) is 95.1 Å². The lowest BCUT2D eigenvalue weighted by Gasteiger charge is -2.52. The second-order valence-corrected chi connectivity index (χ2v) is 105. The van der Waals surface area contributed by atoms with Gasteiger partial charge < -0.3 is 95.1 Å². The third kappa shape index (κ3) is 33.8. The lowest BCUT2D eigenvalue weighted by atomic mass is 9.98. The fraction of sp³-hybridized carbons (Fsp3) is 1.00. The van der Waals surface area contributed by atoms with Crippen LogP contribution in [0.5, 0.6) is 0 Å². The maximum absolute atomic E-state index is 8.20. The zero-order valence-electron chi connectivity index (χ0n) is 72.1. The van der Waals surface area contributed by atoms with Gasteiger partial charge in [-0.25, -0.2) is 0 Å². The predicted octanol–water partition coefficient (Wildman–Crippen LogP) is 16.3. The van der Waals surface area contributed by atoms with E-state index in [2.05, 4.69) is 275 Å². The van der Waals surface area contributed by atoms with E-state index in [1.807, 2.05) is 0 Å². The van der Waals surface area contributed by atoms with E-state index in [0.717, 1.165) is 0 Å². The summed E-state index contributed by atoms with van der Waals surface area (Å²) < 4.78 is 158. The van der Waals surface area contributed by atoms with Gasteiger partial charge in [-0.15, -0.1) is 0 Å². The summed E-state index contributed by atoms with van der Waals surface area (Å²) in [6.45, 7) is 92.1. The highest BCUT2D eigenvalue weighted by Gasteiger charge is 2.69. The Balaban J connectivity index is 2.36. The second-order valence-electron chi connectivity index (χ2n) is 42.4. The van der Waals surface area contributed by atoms with Crippen molar-refractivity contribution in [1.29, 1.82) is 0 Å². The van der Waals surface area contributed by atoms with E-state index in [1.54, 1.807) is 0 Å². The van der Waals surface area contributed by atoms with Crippen LogP contribution in [0.4, 0.5) is 0 Å². The Bertz CT molecular complexity index is 2550. The molecule has 0 spiro atoms. The fourth-order valence-electron chi connectivity index (χ4n) is 12.0. The molecule has 17 unspecified atom stereocenters. The van der Waals surface area contributed by atoms with Gasteiger partial charge in [0.2, 0.25) is 17.4 Å². The molecule has 4 aliphatic heterocycles. The van der Waals surface area contributed by atoms with Crippen LogP contribution >= 0.6 is 0 Å². The maximum Gasteiger partial charge on any atom is 0.223 e. The van der Waals surface area contributed by atoms with E-state index >= 15 is 0 Å². The molecule has 21 nitrogen and oxygen atoms in total. The predicted molar refractivity (Wildman–Crippen MR) is 445 cm³/mol. The van der Waals surface area contributed by atoms with Crippen LogP contribution in [0.25, 0.3) is 0 Å². The molecule has 101 heavy (non-hydrogen) atoms. The quantitative estimate of drug-likeness (QED) is 0.0524. The highest BCUT2D eigenvalue weighted by molar-refractivity contribution is 6.74. The van der Waals surface area contributed by atoms with Crippen molar-refractivity contribution in [3.63, 3.8) is 0 Å². The van der Waals surface area contributed by atoms with Gasteiger partial charge >= 0.3 is 0 Å². The van der Waals surface area contributed by atoms with Gasteiger partial charge in [-0.2, -0.15) is 0 Å². The summed E-state index contributed by atoms with van der Waals surface area (Å²) in [5.41, 5.74) is 0. The lowest BCUT2D eigenvalue weighted by Crippen LogP contribution is -2.69. The summed E-state index contributed by atoms with van der Waals surface area (Å²) in [4.78, 5) is 0. The summed E-state index contributed by atoms with van der Waals surface area (Å²) >= 11 is 0. The fourth-order valence-corrected chi connectivity index (χ4v) is 25.0. The molecule has 35 heteroatoms. The average Bonchev–Trinajstić information content (AvgIpc) is 1.55. The van der Waals surface area contributed by atoms with Gasteiger partial charge in [0, 0.05) is 0 Å². The third-order valence-electron chi connectivity index (χ3n) is 15.1. The number of hydrogen-bond donors (Lipinski definition) is 0. The zero-order valence-corrected chi connectivity index (χ0v) is 86.1. The Morgan fingerprint density at radius 1 is 0.218 bits per heavy atom. The van der Waals surface area contributed by atoms with Crippen LogP contribution in [0.1, 0.15) is 0 Å². The Morgan fingerprint density at radius 2 is 0.446 bits per heavy atom. The molecule has 0 saturated carbocycles. The molecule has 4 saturated heterocycles. The van der Waals surface area contributed by atoms with Gasteiger partial charge in [-0.3, -0.25) is 0 Å². The van der Waals surface area contributed by atoms with Crippen LogP contribution in [0.15, 0.2) is 0 Å². The van der Waals surface area contributed by atoms with Crippen molar-refractivity contribution in [1.82, 2.24) is 0 Å². The van der Waals surface area contributed by atoms with Gasteiger partial charge in [0.05, 0.1) is 33.0 Å². The van der Waals surface area contributed by atoms with Crippen molar-refractivity contribution >= 4 is 116 Å². The SMILES string of the molecule is C[Si](C)(C)OCC1OC(OC2(COC3(COC4(CO[Si](C)(C)C)OC(CO[Si](C)(C)C)C(O[Si](C)(C)C)C4O[Si](C)(C)C)OC(CO[Si](C)(C)C)C(O[Si](C)(C)C)C3O[Si](C)(C)C)OC(CO[Si](C)(C)C)C(O[Si](C)(C)C)C2O[Si](C)(C)C)C(O[Si](C)(C)C)C(O[Si](C)(C)C)C1O[Si](C)(C)C. The van der Waals surface area contributed by atoms with Crippen molar-refractivity contribution in [2.75, 3.05) is 46.2 Å². The molecular formula is C66H154O21Si14. The van der Waals surface area contributed by atoms with E-state index in [0.29, 0.717) is 0 Å². The first-order valence-corrected chi connectivity index (χ1v) is 85.2. The highest BCUT2D eigenvalue weighted by Crippen LogP contribution is 2.49. The summed E-state index contributed by atoms with van der Waals surface area (Å²) in [5.74, 6) is -5.45. The van der Waals surface area contributed by atoms with E-state index < -0.39 is 219 Å². The number of rotatable bonds is 41. The van der Waals surface area contributed by atoms with Crippen molar-refractivity contribution in [3.05, 3.63) is 0 Å². The third-order valence-corrected chi connectivity index (χ3v) is 29.0. The molecule has 600 valence electrons. The number of hydrogen-bond acceptors (Lipinski definition) is 21. The Morgan fingerprint density at radius 3 is 0.733 bits per heavy atom. The summed E-state index contributed by atoms with van der Waals surface area (Å²) in [7, 11) is -34.0. The van der Waals surface area contributed by atoms with Gasteiger partial charge in [0.1, 0.15) is 92.6 Å². The molecule has 0 aliphatic carbocycles. The maximum atomic E-state index is 8.20. The normalized spacial score (nSPS) is 32.4. The lowest BCUT2D eigenvalue weighted by molar-refractivity contribution is -0.400. The molecule has 4 fully saturated rings. The van der Waals surface area contributed by atoms with Gasteiger partial charge in [0.25, 0.3) is 0 Å². The largest absolute Gasteiger partial charge is 0.415 e. The minimum absolute atomic E-state index is 0.000581. The molecule has 0 aromatic heterocycles. The summed E-state index contributed by atoms with van der Waals surface area (Å²) in [5, 5.41) is 0. The van der Waals surface area contributed by atoms with Crippen LogP contribution in [0, 0.1) is 0 Å². The van der Waals surface area contributed by atoms with Crippen LogP contribution in [-0.4, -0.2) is 266 Å². The minimum Gasteiger partial charge on any atom is -0.415 e. The molecule has 0 aromatic rings. The molecule has 0 N–H and O–H groups in total. The summed E-state index contributed by atoms with van der Waals surface area (Å²) in [6, 6.07) is 0.